The molecular weight excluding hydrogens is 594 g/mol. The Morgan fingerprint density at radius 1 is 0.841 bits per heavy atom. The van der Waals surface area contributed by atoms with Gasteiger partial charge in [-0.05, 0) is 67.3 Å². The number of para-hydroxylation sites is 1. The summed E-state index contributed by atoms with van der Waals surface area (Å²) in [5.74, 6) is -0.833. The van der Waals surface area contributed by atoms with Crippen LogP contribution in [0.25, 0.3) is 0 Å². The average molecular weight is 632 g/mol. The van der Waals surface area contributed by atoms with Crippen LogP contribution in [0.15, 0.2) is 114 Å². The smallest absolute Gasteiger partial charge is 0.264 e. The number of amides is 2. The molecule has 0 spiro atoms. The van der Waals surface area contributed by atoms with Crippen molar-refractivity contribution in [1.29, 1.82) is 0 Å². The van der Waals surface area contributed by atoms with E-state index < -0.39 is 28.5 Å². The molecule has 0 aliphatic rings. The molecule has 0 aliphatic heterocycles. The number of nitrogens with zero attached hydrogens (tertiary/aromatic N) is 2. The highest BCUT2D eigenvalue weighted by molar-refractivity contribution is 7.92. The molecule has 9 heteroatoms. The molecule has 44 heavy (non-hydrogen) atoms. The number of benzene rings is 4. The molecule has 2 atom stereocenters. The Balaban J connectivity index is 1.81. The Hall–Kier alpha value is -4.14. The summed E-state index contributed by atoms with van der Waals surface area (Å²) in [5.41, 5.74) is 2.66. The summed E-state index contributed by atoms with van der Waals surface area (Å²) in [7, 11) is -4.15. The lowest BCUT2D eigenvalue weighted by Crippen LogP contribution is -2.54. The van der Waals surface area contributed by atoms with E-state index in [9.17, 15) is 18.0 Å². The molecular formula is C35H38ClN3O4S. The van der Waals surface area contributed by atoms with Crippen molar-refractivity contribution in [3.63, 3.8) is 0 Å². The second-order valence-electron chi connectivity index (χ2n) is 10.8. The fraction of sp³-hybridized carbons (Fsp3) is 0.257. The quantitative estimate of drug-likeness (QED) is 0.185. The first-order valence-electron chi connectivity index (χ1n) is 14.6. The van der Waals surface area contributed by atoms with Gasteiger partial charge in [-0.2, -0.15) is 0 Å². The SMILES string of the molecule is CC[C@@H](C)NC(=O)[C@H](Cc1ccccc1)N(Cc1cccc(Cl)c1)C(=O)CN(c1ccccc1C)S(=O)(=O)c1ccccc1. The van der Waals surface area contributed by atoms with Gasteiger partial charge in [0.05, 0.1) is 10.6 Å². The van der Waals surface area contributed by atoms with Crippen molar-refractivity contribution in [2.24, 2.45) is 0 Å². The first-order chi connectivity index (χ1) is 21.1. The van der Waals surface area contributed by atoms with Crippen LogP contribution in [-0.4, -0.2) is 43.8 Å². The fourth-order valence-electron chi connectivity index (χ4n) is 4.90. The number of hydrogen-bond acceptors (Lipinski definition) is 4. The van der Waals surface area contributed by atoms with Crippen LogP contribution in [0.4, 0.5) is 5.69 Å². The largest absolute Gasteiger partial charge is 0.352 e. The molecule has 0 fully saturated rings. The molecule has 4 aromatic rings. The number of hydrogen-bond donors (Lipinski definition) is 1. The van der Waals surface area contributed by atoms with E-state index in [1.807, 2.05) is 56.3 Å². The van der Waals surface area contributed by atoms with Gasteiger partial charge in [0.25, 0.3) is 10.0 Å². The number of carbonyl (C=O) groups is 2. The summed E-state index contributed by atoms with van der Waals surface area (Å²) >= 11 is 6.31. The van der Waals surface area contributed by atoms with Gasteiger partial charge < -0.3 is 10.2 Å². The summed E-state index contributed by atoms with van der Waals surface area (Å²) in [6.07, 6.45) is 0.952. The van der Waals surface area contributed by atoms with E-state index >= 15 is 0 Å². The molecule has 7 nitrogen and oxygen atoms in total. The van der Waals surface area contributed by atoms with Gasteiger partial charge in [-0.25, -0.2) is 8.42 Å². The summed E-state index contributed by atoms with van der Waals surface area (Å²) in [6.45, 7) is 5.23. The van der Waals surface area contributed by atoms with Crippen LogP contribution in [0.2, 0.25) is 5.02 Å². The zero-order valence-electron chi connectivity index (χ0n) is 25.2. The second kappa shape index (κ2) is 15.0. The first kappa shape index (κ1) is 32.8. The van der Waals surface area contributed by atoms with Crippen molar-refractivity contribution >= 4 is 39.1 Å². The Kier molecular flexibility index (Phi) is 11.2. The maximum absolute atomic E-state index is 14.5. The second-order valence-corrected chi connectivity index (χ2v) is 13.1. The van der Waals surface area contributed by atoms with Crippen molar-refractivity contribution < 1.29 is 18.0 Å². The Morgan fingerprint density at radius 2 is 1.45 bits per heavy atom. The van der Waals surface area contributed by atoms with E-state index in [-0.39, 0.29) is 29.8 Å². The predicted octanol–water partition coefficient (Wildman–Crippen LogP) is 6.40. The van der Waals surface area contributed by atoms with Gasteiger partial charge in [0, 0.05) is 24.0 Å². The average Bonchev–Trinajstić information content (AvgIpc) is 3.02. The summed E-state index contributed by atoms with van der Waals surface area (Å²) < 4.78 is 29.3. The Morgan fingerprint density at radius 3 is 2.09 bits per heavy atom. The normalized spacial score (nSPS) is 12.6. The van der Waals surface area contributed by atoms with Crippen LogP contribution < -0.4 is 9.62 Å². The van der Waals surface area contributed by atoms with Crippen LogP contribution in [0, 0.1) is 6.92 Å². The number of sulfonamides is 1. The molecule has 2 amide bonds. The van der Waals surface area contributed by atoms with Crippen molar-refractivity contribution in [2.75, 3.05) is 10.8 Å². The molecule has 0 saturated carbocycles. The number of halogens is 1. The van der Waals surface area contributed by atoms with E-state index in [0.717, 1.165) is 9.87 Å². The van der Waals surface area contributed by atoms with E-state index in [4.69, 9.17) is 11.6 Å². The zero-order valence-corrected chi connectivity index (χ0v) is 26.8. The molecule has 4 rings (SSSR count). The molecule has 0 radical (unpaired) electrons. The maximum atomic E-state index is 14.5. The maximum Gasteiger partial charge on any atom is 0.264 e. The van der Waals surface area contributed by atoms with Gasteiger partial charge in [-0.15, -0.1) is 0 Å². The highest BCUT2D eigenvalue weighted by Crippen LogP contribution is 2.28. The van der Waals surface area contributed by atoms with E-state index in [0.29, 0.717) is 28.3 Å². The third kappa shape index (κ3) is 8.27. The van der Waals surface area contributed by atoms with Crippen LogP contribution in [0.3, 0.4) is 0 Å². The molecule has 0 heterocycles. The van der Waals surface area contributed by atoms with Gasteiger partial charge in [0.15, 0.2) is 0 Å². The minimum Gasteiger partial charge on any atom is -0.352 e. The van der Waals surface area contributed by atoms with E-state index in [1.165, 1.54) is 17.0 Å². The third-order valence-corrected chi connectivity index (χ3v) is 9.52. The van der Waals surface area contributed by atoms with Gasteiger partial charge in [0.1, 0.15) is 12.6 Å². The Bertz CT molecular complexity index is 1670. The standard InChI is InChI=1S/C35H38ClN3O4S/c1-4-27(3)37-35(41)33(23-28-15-7-5-8-16-28)38(24-29-17-13-18-30(36)22-29)34(40)25-39(32-21-12-11-14-26(32)2)44(42,43)31-19-9-6-10-20-31/h5-22,27,33H,4,23-25H2,1-3H3,(H,37,41)/t27-,33+/m1/s1. The lowest BCUT2D eigenvalue weighted by molar-refractivity contribution is -0.140. The van der Waals surface area contributed by atoms with E-state index in [1.54, 1.807) is 61.5 Å². The first-order valence-corrected chi connectivity index (χ1v) is 16.4. The monoisotopic (exact) mass is 631 g/mol. The third-order valence-electron chi connectivity index (χ3n) is 7.51. The number of anilines is 1. The van der Waals surface area contributed by atoms with Crippen LogP contribution in [0.5, 0.6) is 0 Å². The van der Waals surface area contributed by atoms with Gasteiger partial charge in [0.2, 0.25) is 11.8 Å². The van der Waals surface area contributed by atoms with Gasteiger partial charge in [-0.1, -0.05) is 97.4 Å². The number of nitrogens with one attached hydrogen (secondary N) is 1. The van der Waals surface area contributed by atoms with Gasteiger partial charge in [-0.3, -0.25) is 13.9 Å². The van der Waals surface area contributed by atoms with Crippen molar-refractivity contribution in [1.82, 2.24) is 10.2 Å². The molecule has 0 unspecified atom stereocenters. The molecule has 0 aliphatic carbocycles. The topological polar surface area (TPSA) is 86.8 Å². The van der Waals surface area contributed by atoms with Gasteiger partial charge >= 0.3 is 0 Å². The van der Waals surface area contributed by atoms with Crippen molar-refractivity contribution in [2.45, 2.75) is 57.1 Å². The number of rotatable bonds is 13. The van der Waals surface area contributed by atoms with Crippen molar-refractivity contribution in [3.8, 4) is 0 Å². The molecule has 0 aromatic heterocycles. The highest BCUT2D eigenvalue weighted by atomic mass is 35.5. The van der Waals surface area contributed by atoms with E-state index in [2.05, 4.69) is 5.32 Å². The predicted molar refractivity (Wildman–Crippen MR) is 176 cm³/mol. The molecule has 0 saturated heterocycles. The molecule has 230 valence electrons. The molecule has 4 aromatic carbocycles. The summed E-state index contributed by atoms with van der Waals surface area (Å²) in [6, 6.07) is 30.6. The zero-order chi connectivity index (χ0) is 31.7. The lowest BCUT2D eigenvalue weighted by atomic mass is 10.0. The fourth-order valence-corrected chi connectivity index (χ4v) is 6.62. The summed E-state index contributed by atoms with van der Waals surface area (Å²) in [5, 5.41) is 3.53. The molecule has 0 bridgehead atoms. The van der Waals surface area contributed by atoms with Crippen LogP contribution in [-0.2, 0) is 32.6 Å². The summed E-state index contributed by atoms with van der Waals surface area (Å²) in [4.78, 5) is 29.9. The number of carbonyl (C=O) groups excluding carboxylic acids is 2. The Labute approximate surface area is 265 Å². The molecule has 1 N–H and O–H groups in total. The highest BCUT2D eigenvalue weighted by Gasteiger charge is 2.35. The minimum absolute atomic E-state index is 0.0534. The minimum atomic E-state index is -4.15. The van der Waals surface area contributed by atoms with Crippen molar-refractivity contribution in [3.05, 3.63) is 131 Å². The van der Waals surface area contributed by atoms with Crippen LogP contribution in [0.1, 0.15) is 37.0 Å². The lowest BCUT2D eigenvalue weighted by Gasteiger charge is -2.34. The van der Waals surface area contributed by atoms with Crippen LogP contribution >= 0.6 is 11.6 Å². The number of aryl methyl sites for hydroxylation is 1.